The molecule has 0 amide bonds. The Labute approximate surface area is 93.7 Å². The van der Waals surface area contributed by atoms with Crippen LogP contribution in [0.3, 0.4) is 0 Å². The van der Waals surface area contributed by atoms with Gasteiger partial charge < -0.3 is 5.32 Å². The van der Waals surface area contributed by atoms with Gasteiger partial charge in [-0.3, -0.25) is 4.79 Å². The van der Waals surface area contributed by atoms with E-state index in [1.165, 1.54) is 12.1 Å². The van der Waals surface area contributed by atoms with E-state index in [4.69, 9.17) is 0 Å². The summed E-state index contributed by atoms with van der Waals surface area (Å²) in [6, 6.07) is 3.79. The lowest BCUT2D eigenvalue weighted by Crippen LogP contribution is -2.31. The maximum absolute atomic E-state index is 13.2. The number of benzene rings is 1. The average Bonchev–Trinajstić information content (AvgIpc) is 2.29. The van der Waals surface area contributed by atoms with E-state index >= 15 is 0 Å². The fraction of sp³-hybridized carbons (Fsp3) is 0.417. The molecule has 1 aromatic rings. The molecule has 0 saturated heterocycles. The van der Waals surface area contributed by atoms with Gasteiger partial charge >= 0.3 is 0 Å². The number of Topliss-reactive ketones (excluding diaryl/α,β-unsaturated/α-hetero) is 1. The minimum atomic E-state index is -1.07. The third kappa shape index (κ3) is 3.10. The van der Waals surface area contributed by atoms with Crippen LogP contribution in [0.15, 0.2) is 18.2 Å². The summed E-state index contributed by atoms with van der Waals surface area (Å²) in [5.41, 5.74) is -0.198. The number of carbonyl (C=O) groups is 1. The van der Waals surface area contributed by atoms with E-state index in [2.05, 4.69) is 5.32 Å². The van der Waals surface area contributed by atoms with E-state index in [1.807, 2.05) is 13.8 Å². The molecule has 0 spiro atoms. The molecule has 0 fully saturated rings. The molecule has 0 aromatic heterocycles. The Balaban J connectivity index is 2.70. The van der Waals surface area contributed by atoms with Crippen LogP contribution in [0.5, 0.6) is 0 Å². The van der Waals surface area contributed by atoms with Gasteiger partial charge in [-0.2, -0.15) is 0 Å². The highest BCUT2D eigenvalue weighted by Crippen LogP contribution is 2.11. The quantitative estimate of drug-likeness (QED) is 0.783. The van der Waals surface area contributed by atoms with E-state index in [9.17, 15) is 13.6 Å². The van der Waals surface area contributed by atoms with Crippen molar-refractivity contribution < 1.29 is 13.6 Å². The molecule has 1 rings (SSSR count). The van der Waals surface area contributed by atoms with Crippen LogP contribution in [-0.2, 0) is 0 Å². The predicted octanol–water partition coefficient (Wildman–Crippen LogP) is 2.54. The average molecular weight is 227 g/mol. The van der Waals surface area contributed by atoms with Crippen molar-refractivity contribution in [1.82, 2.24) is 5.32 Å². The molecule has 0 bridgehead atoms. The number of nitrogens with one attached hydrogen (secondary N) is 1. The highest BCUT2D eigenvalue weighted by atomic mass is 19.2. The molecule has 0 aliphatic heterocycles. The molecule has 1 atom stereocenters. The molecule has 0 aliphatic rings. The SMILES string of the molecule is CCC(C)NCC(=O)c1cccc(F)c1F. The Morgan fingerprint density at radius 3 is 2.75 bits per heavy atom. The Kier molecular flexibility index (Phi) is 4.55. The second-order valence-electron chi connectivity index (χ2n) is 3.71. The van der Waals surface area contributed by atoms with Gasteiger partial charge in [0, 0.05) is 6.04 Å². The number of carbonyl (C=O) groups excluding carboxylic acids is 1. The van der Waals surface area contributed by atoms with Gasteiger partial charge in [0.2, 0.25) is 0 Å². The Bertz CT molecular complexity index is 379. The largest absolute Gasteiger partial charge is 0.307 e. The second-order valence-corrected chi connectivity index (χ2v) is 3.71. The van der Waals surface area contributed by atoms with Crippen LogP contribution in [0, 0.1) is 11.6 Å². The third-order valence-electron chi connectivity index (χ3n) is 2.48. The summed E-state index contributed by atoms with van der Waals surface area (Å²) in [4.78, 5) is 11.6. The van der Waals surface area contributed by atoms with Crippen LogP contribution in [0.1, 0.15) is 30.6 Å². The van der Waals surface area contributed by atoms with Crippen LogP contribution in [0.4, 0.5) is 8.78 Å². The van der Waals surface area contributed by atoms with Gasteiger partial charge in [-0.15, -0.1) is 0 Å². The molecule has 0 aliphatic carbocycles. The van der Waals surface area contributed by atoms with Crippen LogP contribution in [-0.4, -0.2) is 18.4 Å². The Morgan fingerprint density at radius 2 is 2.12 bits per heavy atom. The molecular weight excluding hydrogens is 212 g/mol. The number of hydrogen-bond acceptors (Lipinski definition) is 2. The zero-order valence-electron chi connectivity index (χ0n) is 9.39. The fourth-order valence-electron chi connectivity index (χ4n) is 1.23. The standard InChI is InChI=1S/C12H15F2NO/c1-3-8(2)15-7-11(16)9-5-4-6-10(13)12(9)14/h4-6,8,15H,3,7H2,1-2H3. The van der Waals surface area contributed by atoms with Gasteiger partial charge in [-0.1, -0.05) is 13.0 Å². The van der Waals surface area contributed by atoms with E-state index in [-0.39, 0.29) is 18.2 Å². The van der Waals surface area contributed by atoms with Crippen LogP contribution < -0.4 is 5.32 Å². The molecule has 0 heterocycles. The van der Waals surface area contributed by atoms with Crippen molar-refractivity contribution in [3.63, 3.8) is 0 Å². The summed E-state index contributed by atoms with van der Waals surface area (Å²) >= 11 is 0. The molecular formula is C12H15F2NO. The van der Waals surface area contributed by atoms with Crippen molar-refractivity contribution in [2.24, 2.45) is 0 Å². The van der Waals surface area contributed by atoms with Gasteiger partial charge in [0.1, 0.15) is 0 Å². The normalized spacial score (nSPS) is 12.5. The molecule has 1 N–H and O–H groups in total. The first-order chi connectivity index (χ1) is 7.56. The summed E-state index contributed by atoms with van der Waals surface area (Å²) in [5.74, 6) is -2.50. The molecule has 1 unspecified atom stereocenters. The van der Waals surface area contributed by atoms with Crippen molar-refractivity contribution in [1.29, 1.82) is 0 Å². The second kappa shape index (κ2) is 5.70. The van der Waals surface area contributed by atoms with Crippen molar-refractivity contribution in [3.05, 3.63) is 35.4 Å². The highest BCUT2D eigenvalue weighted by molar-refractivity contribution is 5.97. The minimum absolute atomic E-state index is 0.0232. The first-order valence-corrected chi connectivity index (χ1v) is 5.26. The number of rotatable bonds is 5. The van der Waals surface area contributed by atoms with E-state index in [1.54, 1.807) is 0 Å². The number of halogens is 2. The molecule has 0 radical (unpaired) electrons. The molecule has 88 valence electrons. The van der Waals surface area contributed by atoms with E-state index < -0.39 is 17.4 Å². The number of ketones is 1. The summed E-state index contributed by atoms with van der Waals surface area (Å²) < 4.78 is 26.1. The van der Waals surface area contributed by atoms with Crippen molar-refractivity contribution in [2.75, 3.05) is 6.54 Å². The lowest BCUT2D eigenvalue weighted by Gasteiger charge is -2.10. The van der Waals surface area contributed by atoms with E-state index in [0.29, 0.717) is 0 Å². The lowest BCUT2D eigenvalue weighted by atomic mass is 10.1. The zero-order valence-corrected chi connectivity index (χ0v) is 9.39. The van der Waals surface area contributed by atoms with Gasteiger partial charge in [0.25, 0.3) is 0 Å². The fourth-order valence-corrected chi connectivity index (χ4v) is 1.23. The summed E-state index contributed by atoms with van der Waals surface area (Å²) in [6.07, 6.45) is 0.874. The first-order valence-electron chi connectivity index (χ1n) is 5.26. The van der Waals surface area contributed by atoms with Crippen molar-refractivity contribution in [3.8, 4) is 0 Å². The predicted molar refractivity (Wildman–Crippen MR) is 58.4 cm³/mol. The number of hydrogen-bond donors (Lipinski definition) is 1. The van der Waals surface area contributed by atoms with Gasteiger partial charge in [0.15, 0.2) is 17.4 Å². The van der Waals surface area contributed by atoms with Crippen LogP contribution in [0.25, 0.3) is 0 Å². The highest BCUT2D eigenvalue weighted by Gasteiger charge is 2.14. The van der Waals surface area contributed by atoms with E-state index in [0.717, 1.165) is 12.5 Å². The van der Waals surface area contributed by atoms with Crippen LogP contribution >= 0.6 is 0 Å². The van der Waals surface area contributed by atoms with Crippen LogP contribution in [0.2, 0.25) is 0 Å². The maximum Gasteiger partial charge on any atom is 0.179 e. The summed E-state index contributed by atoms with van der Waals surface area (Å²) in [6.45, 7) is 3.93. The minimum Gasteiger partial charge on any atom is -0.307 e. The zero-order chi connectivity index (χ0) is 12.1. The monoisotopic (exact) mass is 227 g/mol. The van der Waals surface area contributed by atoms with Crippen molar-refractivity contribution in [2.45, 2.75) is 26.3 Å². The lowest BCUT2D eigenvalue weighted by molar-refractivity contribution is 0.0983. The van der Waals surface area contributed by atoms with Gasteiger partial charge in [-0.25, -0.2) is 8.78 Å². The molecule has 0 saturated carbocycles. The Hall–Kier alpha value is -1.29. The van der Waals surface area contributed by atoms with Gasteiger partial charge in [0.05, 0.1) is 12.1 Å². The topological polar surface area (TPSA) is 29.1 Å². The molecule has 4 heteroatoms. The summed E-state index contributed by atoms with van der Waals surface area (Å²) in [7, 11) is 0. The smallest absolute Gasteiger partial charge is 0.179 e. The molecule has 2 nitrogen and oxygen atoms in total. The first kappa shape index (κ1) is 12.8. The maximum atomic E-state index is 13.2. The third-order valence-corrected chi connectivity index (χ3v) is 2.48. The molecule has 16 heavy (non-hydrogen) atoms. The Morgan fingerprint density at radius 1 is 1.44 bits per heavy atom. The summed E-state index contributed by atoms with van der Waals surface area (Å²) in [5, 5.41) is 2.94. The van der Waals surface area contributed by atoms with Gasteiger partial charge in [-0.05, 0) is 25.5 Å². The molecule has 1 aromatic carbocycles. The van der Waals surface area contributed by atoms with Crippen molar-refractivity contribution >= 4 is 5.78 Å².